The predicted molar refractivity (Wildman–Crippen MR) is 132 cm³/mol. The molecule has 6 nitrogen and oxygen atoms in total. The number of nitrogens with one attached hydrogen (secondary N) is 1. The molecule has 34 heavy (non-hydrogen) atoms. The Morgan fingerprint density at radius 1 is 1.09 bits per heavy atom. The first-order valence-corrected chi connectivity index (χ1v) is 10.6. The molecule has 4 rings (SSSR count). The average molecular weight is 460 g/mol. The summed E-state index contributed by atoms with van der Waals surface area (Å²) in [5.74, 6) is -0.774. The zero-order chi connectivity index (χ0) is 24.1. The Bertz CT molecular complexity index is 1360. The lowest BCUT2D eigenvalue weighted by molar-refractivity contribution is -0.113. The van der Waals surface area contributed by atoms with Crippen LogP contribution < -0.4 is 16.0 Å². The molecule has 0 fully saturated rings. The molecule has 1 aromatic heterocycles. The summed E-state index contributed by atoms with van der Waals surface area (Å²) in [5.41, 5.74) is 8.57. The van der Waals surface area contributed by atoms with Gasteiger partial charge in [-0.05, 0) is 30.3 Å². The number of aromatic nitrogens is 2. The van der Waals surface area contributed by atoms with E-state index in [4.69, 9.17) is 5.73 Å². The van der Waals surface area contributed by atoms with E-state index in [0.717, 1.165) is 22.8 Å². The molecule has 3 aromatic carbocycles. The molecule has 0 spiro atoms. The number of hydrogen-bond acceptors (Lipinski definition) is 5. The number of carbonyl (C=O) groups is 1. The molecule has 0 aliphatic carbocycles. The third-order valence-electron chi connectivity index (χ3n) is 5.34. The minimum absolute atomic E-state index is 0.249. The summed E-state index contributed by atoms with van der Waals surface area (Å²) in [6.45, 7) is -0.103. The number of nitrogens with two attached hydrogens (primary N) is 1. The summed E-state index contributed by atoms with van der Waals surface area (Å²) in [6, 6.07) is 17.9. The molecule has 172 valence electrons. The predicted octanol–water partition coefficient (Wildman–Crippen LogP) is 5.08. The highest BCUT2D eigenvalue weighted by molar-refractivity contribution is 5.95. The van der Waals surface area contributed by atoms with Crippen molar-refractivity contribution in [3.8, 4) is 11.1 Å². The molecule has 0 atom stereocenters. The topological polar surface area (TPSA) is 84.1 Å². The van der Waals surface area contributed by atoms with Gasteiger partial charge >= 0.3 is 0 Å². The number of fused-ring (bicyclic) bond motifs is 1. The molecule has 0 aliphatic heterocycles. The van der Waals surface area contributed by atoms with Crippen LogP contribution in [0.25, 0.3) is 28.1 Å². The lowest BCUT2D eigenvalue weighted by atomic mass is 9.99. The maximum Gasteiger partial charge on any atom is 0.241 e. The first-order valence-electron chi connectivity index (χ1n) is 10.6. The molecule has 0 saturated carbocycles. The molecule has 1 heterocycles. The zero-order valence-electron chi connectivity index (χ0n) is 18.5. The summed E-state index contributed by atoms with van der Waals surface area (Å²) in [4.78, 5) is 21.9. The number of carbonyl (C=O) groups excluding carboxylic acids is 1. The van der Waals surface area contributed by atoms with Crippen LogP contribution in [-0.4, -0.2) is 36.1 Å². The number of hydrogen-bond donors (Lipinski definition) is 2. The van der Waals surface area contributed by atoms with E-state index in [1.807, 2.05) is 48.3 Å². The highest BCUT2D eigenvalue weighted by Gasteiger charge is 2.13. The van der Waals surface area contributed by atoms with Crippen molar-refractivity contribution in [2.75, 3.05) is 30.5 Å². The largest absolute Gasteiger partial charge is 0.372 e. The first-order chi connectivity index (χ1) is 16.5. The Morgan fingerprint density at radius 3 is 2.56 bits per heavy atom. The van der Waals surface area contributed by atoms with Crippen LogP contribution in [0.4, 0.5) is 26.1 Å². The van der Waals surface area contributed by atoms with Crippen LogP contribution in [0.1, 0.15) is 5.56 Å². The Balaban J connectivity index is 1.68. The van der Waals surface area contributed by atoms with Gasteiger partial charge in [0.2, 0.25) is 11.9 Å². The molecule has 0 saturated heterocycles. The van der Waals surface area contributed by atoms with Gasteiger partial charge in [-0.1, -0.05) is 36.4 Å². The standard InChI is InChI=1S/C26H23F2N5O/c1-33(15-14-27)20-11-9-19(10-12-20)31-26-30-16-18-5-3-7-22(25(18)32-26)21-6-2-4-17(24(21)28)8-13-23(29)34/h2-13,16H,14-15H2,1H3,(H2,29,34)(H,30,31,32). The number of amides is 1. The van der Waals surface area contributed by atoms with Crippen LogP contribution in [0.2, 0.25) is 0 Å². The summed E-state index contributed by atoms with van der Waals surface area (Å²) in [6.07, 6.45) is 4.14. The van der Waals surface area contributed by atoms with E-state index in [1.165, 1.54) is 6.08 Å². The van der Waals surface area contributed by atoms with Gasteiger partial charge in [0, 0.05) is 59.3 Å². The van der Waals surface area contributed by atoms with Gasteiger partial charge in [0.25, 0.3) is 0 Å². The number of halogens is 2. The fourth-order valence-electron chi connectivity index (χ4n) is 3.58. The minimum atomic E-state index is -0.652. The molecule has 1 amide bonds. The number of anilines is 3. The van der Waals surface area contributed by atoms with Gasteiger partial charge in [0.1, 0.15) is 12.5 Å². The van der Waals surface area contributed by atoms with E-state index in [2.05, 4.69) is 15.3 Å². The highest BCUT2D eigenvalue weighted by atomic mass is 19.1. The zero-order valence-corrected chi connectivity index (χ0v) is 18.5. The van der Waals surface area contributed by atoms with E-state index in [0.29, 0.717) is 29.1 Å². The molecular formula is C26H23F2N5O. The van der Waals surface area contributed by atoms with Crippen LogP contribution in [0.5, 0.6) is 0 Å². The Hall–Kier alpha value is -4.33. The summed E-state index contributed by atoms with van der Waals surface area (Å²) >= 11 is 0. The van der Waals surface area contributed by atoms with Crippen molar-refractivity contribution in [3.63, 3.8) is 0 Å². The van der Waals surface area contributed by atoms with Crippen molar-refractivity contribution < 1.29 is 13.6 Å². The minimum Gasteiger partial charge on any atom is -0.372 e. The number of alkyl halides is 1. The van der Waals surface area contributed by atoms with Crippen molar-refractivity contribution >= 4 is 40.2 Å². The monoisotopic (exact) mass is 459 g/mol. The maximum absolute atomic E-state index is 15.3. The molecule has 0 aliphatic rings. The van der Waals surface area contributed by atoms with Gasteiger partial charge in [0.15, 0.2) is 0 Å². The smallest absolute Gasteiger partial charge is 0.241 e. The van der Waals surface area contributed by atoms with E-state index in [-0.39, 0.29) is 5.56 Å². The number of nitrogens with zero attached hydrogens (tertiary/aromatic N) is 3. The van der Waals surface area contributed by atoms with E-state index < -0.39 is 18.4 Å². The van der Waals surface area contributed by atoms with E-state index >= 15 is 4.39 Å². The lowest BCUT2D eigenvalue weighted by Crippen LogP contribution is -2.19. The molecule has 0 radical (unpaired) electrons. The first kappa shape index (κ1) is 22.8. The van der Waals surface area contributed by atoms with Gasteiger partial charge < -0.3 is 16.0 Å². The quantitative estimate of drug-likeness (QED) is 0.359. The van der Waals surface area contributed by atoms with Crippen LogP contribution in [0.3, 0.4) is 0 Å². The summed E-state index contributed by atoms with van der Waals surface area (Å²) in [5, 5.41) is 3.91. The Kier molecular flexibility index (Phi) is 6.77. The Labute approximate surface area is 195 Å². The van der Waals surface area contributed by atoms with Crippen LogP contribution >= 0.6 is 0 Å². The second-order valence-electron chi connectivity index (χ2n) is 7.66. The summed E-state index contributed by atoms with van der Waals surface area (Å²) in [7, 11) is 1.83. The lowest BCUT2D eigenvalue weighted by Gasteiger charge is -2.17. The normalized spacial score (nSPS) is 11.1. The third kappa shape index (κ3) is 5.01. The average Bonchev–Trinajstić information content (AvgIpc) is 2.84. The SMILES string of the molecule is CN(CCF)c1ccc(Nc2ncc3cccc(-c4cccc(C=CC(N)=O)c4F)c3n2)cc1. The van der Waals surface area contributed by atoms with Crippen LogP contribution in [-0.2, 0) is 4.79 Å². The van der Waals surface area contributed by atoms with Crippen molar-refractivity contribution in [2.45, 2.75) is 0 Å². The van der Waals surface area contributed by atoms with Gasteiger partial charge in [-0.25, -0.2) is 18.7 Å². The molecular weight excluding hydrogens is 436 g/mol. The van der Waals surface area contributed by atoms with Gasteiger partial charge in [-0.2, -0.15) is 0 Å². The molecule has 8 heteroatoms. The van der Waals surface area contributed by atoms with Crippen LogP contribution in [0.15, 0.2) is 72.9 Å². The van der Waals surface area contributed by atoms with Crippen LogP contribution in [0, 0.1) is 5.82 Å². The second-order valence-corrected chi connectivity index (χ2v) is 7.66. The number of rotatable bonds is 8. The molecule has 4 aromatic rings. The fourth-order valence-corrected chi connectivity index (χ4v) is 3.58. The molecule has 0 unspecified atom stereocenters. The second kappa shape index (κ2) is 10.1. The van der Waals surface area contributed by atoms with Crippen molar-refractivity contribution in [1.82, 2.24) is 9.97 Å². The van der Waals surface area contributed by atoms with Gasteiger partial charge in [-0.3, -0.25) is 4.79 Å². The Morgan fingerprint density at radius 2 is 1.82 bits per heavy atom. The van der Waals surface area contributed by atoms with E-state index in [1.54, 1.807) is 30.5 Å². The third-order valence-corrected chi connectivity index (χ3v) is 5.34. The van der Waals surface area contributed by atoms with Crippen molar-refractivity contribution in [2.24, 2.45) is 5.73 Å². The van der Waals surface area contributed by atoms with Crippen molar-refractivity contribution in [3.05, 3.63) is 84.3 Å². The maximum atomic E-state index is 15.3. The molecule has 0 bridgehead atoms. The van der Waals surface area contributed by atoms with Gasteiger partial charge in [0.05, 0.1) is 5.52 Å². The fraction of sp³-hybridized carbons (Fsp3) is 0.115. The number of benzene rings is 3. The van der Waals surface area contributed by atoms with Crippen molar-refractivity contribution in [1.29, 1.82) is 0 Å². The summed E-state index contributed by atoms with van der Waals surface area (Å²) < 4.78 is 27.8. The van der Waals surface area contributed by atoms with Gasteiger partial charge in [-0.15, -0.1) is 0 Å². The number of para-hydroxylation sites is 1. The molecule has 3 N–H and O–H groups in total. The highest BCUT2D eigenvalue weighted by Crippen LogP contribution is 2.31. The van der Waals surface area contributed by atoms with E-state index in [9.17, 15) is 9.18 Å². The number of primary amides is 1.